The van der Waals surface area contributed by atoms with Crippen LogP contribution in [-0.2, 0) is 11.4 Å². The monoisotopic (exact) mass is 487 g/mol. The van der Waals surface area contributed by atoms with Crippen molar-refractivity contribution >= 4 is 5.97 Å². The van der Waals surface area contributed by atoms with Gasteiger partial charge in [-0.25, -0.2) is 0 Å². The maximum absolute atomic E-state index is 11.2. The van der Waals surface area contributed by atoms with Crippen molar-refractivity contribution in [2.24, 2.45) is 0 Å². The Bertz CT molecular complexity index is 1240. The number of aryl methyl sites for hydroxylation is 2. The minimum atomic E-state index is -0.817. The van der Waals surface area contributed by atoms with Gasteiger partial charge in [-0.15, -0.1) is 0 Å². The van der Waals surface area contributed by atoms with Crippen LogP contribution >= 0.6 is 0 Å². The minimum Gasteiger partial charge on any atom is -0.490 e. The van der Waals surface area contributed by atoms with E-state index in [0.29, 0.717) is 18.1 Å². The van der Waals surface area contributed by atoms with Crippen molar-refractivity contribution in [3.63, 3.8) is 0 Å². The number of ether oxygens (including phenoxy) is 3. The molecule has 3 aromatic rings. The van der Waals surface area contributed by atoms with Crippen molar-refractivity contribution in [1.29, 1.82) is 0 Å². The molecule has 3 aromatic carbocycles. The zero-order valence-corrected chi connectivity index (χ0v) is 21.0. The molecular formula is C30H33NO5. The van der Waals surface area contributed by atoms with Crippen LogP contribution in [0.3, 0.4) is 0 Å². The predicted molar refractivity (Wildman–Crippen MR) is 139 cm³/mol. The van der Waals surface area contributed by atoms with Crippen LogP contribution in [0.4, 0.5) is 0 Å². The van der Waals surface area contributed by atoms with Gasteiger partial charge in [0.05, 0.1) is 6.42 Å². The van der Waals surface area contributed by atoms with Crippen LogP contribution in [0.2, 0.25) is 0 Å². The average Bonchev–Trinajstić information content (AvgIpc) is 3.44. The van der Waals surface area contributed by atoms with Crippen LogP contribution in [0.15, 0.2) is 54.6 Å². The number of hydrogen-bond acceptors (Lipinski definition) is 5. The van der Waals surface area contributed by atoms with E-state index in [-0.39, 0.29) is 24.5 Å². The van der Waals surface area contributed by atoms with Gasteiger partial charge in [-0.3, -0.25) is 4.79 Å². The van der Waals surface area contributed by atoms with Crippen molar-refractivity contribution in [2.75, 3.05) is 13.1 Å². The van der Waals surface area contributed by atoms with E-state index < -0.39 is 5.97 Å². The van der Waals surface area contributed by atoms with Gasteiger partial charge < -0.3 is 24.6 Å². The van der Waals surface area contributed by atoms with Crippen molar-refractivity contribution in [1.82, 2.24) is 5.32 Å². The fraction of sp³-hybridized carbons (Fsp3) is 0.367. The molecular weight excluding hydrogens is 454 g/mol. The molecule has 1 unspecified atom stereocenters. The van der Waals surface area contributed by atoms with E-state index >= 15 is 0 Å². The average molecular weight is 488 g/mol. The number of aliphatic carboxylic acids is 1. The van der Waals surface area contributed by atoms with Crippen molar-refractivity contribution in [3.05, 3.63) is 76.9 Å². The number of carboxylic acid groups (broad SMARTS) is 1. The summed E-state index contributed by atoms with van der Waals surface area (Å²) in [5.74, 6) is 1.39. The molecule has 2 heterocycles. The number of fused-ring (bicyclic) bond motifs is 1. The summed E-state index contributed by atoms with van der Waals surface area (Å²) in [6, 6.07) is 18.4. The number of carbonyl (C=O) groups is 1. The lowest BCUT2D eigenvalue weighted by Gasteiger charge is -2.17. The first kappa shape index (κ1) is 24.2. The summed E-state index contributed by atoms with van der Waals surface area (Å²) in [7, 11) is 0. The summed E-state index contributed by atoms with van der Waals surface area (Å²) in [6.07, 6.45) is 1.18. The Morgan fingerprint density at radius 2 is 1.89 bits per heavy atom. The highest BCUT2D eigenvalue weighted by Crippen LogP contribution is 2.42. The van der Waals surface area contributed by atoms with E-state index in [1.807, 2.05) is 25.1 Å². The summed E-state index contributed by atoms with van der Waals surface area (Å²) in [6.45, 7) is 8.52. The lowest BCUT2D eigenvalue weighted by atomic mass is 9.93. The molecule has 0 aromatic heterocycles. The van der Waals surface area contributed by atoms with Crippen LogP contribution in [0.5, 0.6) is 17.2 Å². The van der Waals surface area contributed by atoms with Gasteiger partial charge in [0, 0.05) is 24.1 Å². The quantitative estimate of drug-likeness (QED) is 0.429. The molecule has 2 aliphatic heterocycles. The molecule has 0 amide bonds. The SMILES string of the molecule is Cc1cc(O[C@H]2CCNC2)cc(C)c1-c1cccc(COc2ccc3c(c2)O[C@@H](C)C3CC(=O)O)c1. The van der Waals surface area contributed by atoms with Gasteiger partial charge >= 0.3 is 5.97 Å². The second kappa shape index (κ2) is 10.2. The summed E-state index contributed by atoms with van der Waals surface area (Å²) < 4.78 is 18.2. The molecule has 6 nitrogen and oxygen atoms in total. The number of benzene rings is 3. The van der Waals surface area contributed by atoms with Gasteiger partial charge in [-0.1, -0.05) is 24.3 Å². The number of nitrogens with one attached hydrogen (secondary N) is 1. The third-order valence-corrected chi connectivity index (χ3v) is 7.10. The van der Waals surface area contributed by atoms with Crippen LogP contribution < -0.4 is 19.5 Å². The second-order valence-corrected chi connectivity index (χ2v) is 9.88. The third-order valence-electron chi connectivity index (χ3n) is 7.10. The Hall–Kier alpha value is -3.51. The lowest BCUT2D eigenvalue weighted by Crippen LogP contribution is -2.19. The van der Waals surface area contributed by atoms with Gasteiger partial charge in [-0.05, 0) is 85.8 Å². The Balaban J connectivity index is 1.29. The Labute approximate surface area is 212 Å². The Kier molecular flexibility index (Phi) is 6.88. The summed E-state index contributed by atoms with van der Waals surface area (Å²) >= 11 is 0. The van der Waals surface area contributed by atoms with Crippen molar-refractivity contribution < 1.29 is 24.1 Å². The molecule has 0 bridgehead atoms. The van der Waals surface area contributed by atoms with E-state index in [1.165, 1.54) is 16.7 Å². The molecule has 36 heavy (non-hydrogen) atoms. The standard InChI is InChI=1S/C30H33NO5/c1-18-11-25(36-24-9-10-31-16-24)12-19(2)30(18)22-6-4-5-21(13-22)17-34-23-7-8-26-27(15-29(32)33)20(3)35-28(26)14-23/h4-8,11-14,20,24,27,31H,9-10,15-17H2,1-3H3,(H,32,33)/t20-,24-,27?/m0/s1. The molecule has 0 spiro atoms. The Morgan fingerprint density at radius 3 is 2.61 bits per heavy atom. The van der Waals surface area contributed by atoms with Crippen LogP contribution in [-0.4, -0.2) is 36.4 Å². The number of carboxylic acids is 1. The zero-order chi connectivity index (χ0) is 25.2. The van der Waals surface area contributed by atoms with E-state index in [9.17, 15) is 9.90 Å². The second-order valence-electron chi connectivity index (χ2n) is 9.88. The summed E-state index contributed by atoms with van der Waals surface area (Å²) in [4.78, 5) is 11.2. The molecule has 5 rings (SSSR count). The van der Waals surface area contributed by atoms with Gasteiger partial charge in [0.2, 0.25) is 0 Å². The van der Waals surface area contributed by atoms with E-state index in [4.69, 9.17) is 14.2 Å². The molecule has 0 aliphatic carbocycles. The van der Waals surface area contributed by atoms with Gasteiger partial charge in [0.15, 0.2) is 0 Å². The molecule has 188 valence electrons. The topological polar surface area (TPSA) is 77.0 Å². The first-order valence-corrected chi connectivity index (χ1v) is 12.6. The largest absolute Gasteiger partial charge is 0.490 e. The number of hydrogen-bond donors (Lipinski definition) is 2. The molecule has 3 atom stereocenters. The van der Waals surface area contributed by atoms with Gasteiger partial charge in [-0.2, -0.15) is 0 Å². The Morgan fingerprint density at radius 1 is 1.08 bits per heavy atom. The molecule has 0 saturated carbocycles. The third kappa shape index (κ3) is 5.19. The molecule has 6 heteroatoms. The number of rotatable bonds is 8. The molecule has 1 fully saturated rings. The fourth-order valence-corrected chi connectivity index (χ4v) is 5.36. The van der Waals surface area contributed by atoms with Crippen LogP contribution in [0.25, 0.3) is 11.1 Å². The van der Waals surface area contributed by atoms with E-state index in [0.717, 1.165) is 42.0 Å². The van der Waals surface area contributed by atoms with Crippen molar-refractivity contribution in [2.45, 2.75) is 58.3 Å². The van der Waals surface area contributed by atoms with Gasteiger partial charge in [0.25, 0.3) is 0 Å². The normalized spacial score (nSPS) is 20.6. The summed E-state index contributed by atoms with van der Waals surface area (Å²) in [5, 5.41) is 12.5. The highest BCUT2D eigenvalue weighted by molar-refractivity contribution is 5.72. The maximum atomic E-state index is 11.2. The van der Waals surface area contributed by atoms with E-state index in [1.54, 1.807) is 0 Å². The smallest absolute Gasteiger partial charge is 0.304 e. The summed E-state index contributed by atoms with van der Waals surface area (Å²) in [5.41, 5.74) is 6.76. The first-order valence-electron chi connectivity index (χ1n) is 12.6. The van der Waals surface area contributed by atoms with E-state index in [2.05, 4.69) is 55.6 Å². The maximum Gasteiger partial charge on any atom is 0.304 e. The fourth-order valence-electron chi connectivity index (χ4n) is 5.36. The zero-order valence-electron chi connectivity index (χ0n) is 21.0. The van der Waals surface area contributed by atoms with Crippen LogP contribution in [0.1, 0.15) is 47.9 Å². The molecule has 1 saturated heterocycles. The van der Waals surface area contributed by atoms with Crippen LogP contribution in [0, 0.1) is 13.8 Å². The lowest BCUT2D eigenvalue weighted by molar-refractivity contribution is -0.137. The highest BCUT2D eigenvalue weighted by atomic mass is 16.5. The predicted octanol–water partition coefficient (Wildman–Crippen LogP) is 5.63. The minimum absolute atomic E-state index is 0.0604. The molecule has 2 N–H and O–H groups in total. The van der Waals surface area contributed by atoms with Crippen molar-refractivity contribution in [3.8, 4) is 28.4 Å². The first-order chi connectivity index (χ1) is 17.4. The highest BCUT2D eigenvalue weighted by Gasteiger charge is 2.33. The molecule has 2 aliphatic rings. The molecule has 0 radical (unpaired) electrons. The van der Waals surface area contributed by atoms with Gasteiger partial charge in [0.1, 0.15) is 36.1 Å².